The SMILES string of the molecule is CCOc1ccc2c(c1)sc1nc(-c3cc4c(ccc5ccccc54)oc3=O)cn12. The standard InChI is InChI=1S/C24H16N2O3S/c1-2-28-15-8-9-20-22(11-15)30-24-25-19(13-26(20)24)18-12-17-16-6-4-3-5-14(16)7-10-21(17)29-23(18)27/h3-13H,2H2,1H3. The van der Waals surface area contributed by atoms with Crippen LogP contribution in [0.3, 0.4) is 0 Å². The molecule has 5 nitrogen and oxygen atoms in total. The molecule has 0 fully saturated rings. The molecule has 3 aromatic carbocycles. The monoisotopic (exact) mass is 412 g/mol. The van der Waals surface area contributed by atoms with Crippen LogP contribution < -0.4 is 10.4 Å². The lowest BCUT2D eigenvalue weighted by molar-refractivity contribution is 0.341. The lowest BCUT2D eigenvalue weighted by Gasteiger charge is -2.04. The number of hydrogen-bond acceptors (Lipinski definition) is 5. The molecule has 0 N–H and O–H groups in total. The molecule has 0 radical (unpaired) electrons. The van der Waals surface area contributed by atoms with Crippen LogP contribution in [0.5, 0.6) is 5.75 Å². The van der Waals surface area contributed by atoms with E-state index in [2.05, 4.69) is 6.07 Å². The summed E-state index contributed by atoms with van der Waals surface area (Å²) >= 11 is 1.57. The van der Waals surface area contributed by atoms with Crippen molar-refractivity contribution < 1.29 is 9.15 Å². The van der Waals surface area contributed by atoms with Crippen molar-refractivity contribution in [2.24, 2.45) is 0 Å². The zero-order valence-corrected chi connectivity index (χ0v) is 16.9. The molecule has 0 atom stereocenters. The number of aromatic nitrogens is 2. The summed E-state index contributed by atoms with van der Waals surface area (Å²) in [6.07, 6.45) is 1.90. The summed E-state index contributed by atoms with van der Waals surface area (Å²) in [5.74, 6) is 0.844. The summed E-state index contributed by atoms with van der Waals surface area (Å²) < 4.78 is 14.3. The normalized spacial score (nSPS) is 11.8. The number of fused-ring (bicyclic) bond motifs is 6. The van der Waals surface area contributed by atoms with Crippen LogP contribution in [0.25, 0.3) is 48.2 Å². The van der Waals surface area contributed by atoms with Crippen LogP contribution >= 0.6 is 11.3 Å². The summed E-state index contributed by atoms with van der Waals surface area (Å²) in [6, 6.07) is 19.8. The van der Waals surface area contributed by atoms with Gasteiger partial charge in [-0.15, -0.1) is 0 Å². The molecule has 6 heteroatoms. The van der Waals surface area contributed by atoms with Gasteiger partial charge in [-0.3, -0.25) is 4.40 Å². The molecule has 0 saturated carbocycles. The first-order valence-corrected chi connectivity index (χ1v) is 10.5. The summed E-state index contributed by atoms with van der Waals surface area (Å²) in [7, 11) is 0. The highest BCUT2D eigenvalue weighted by molar-refractivity contribution is 7.23. The Morgan fingerprint density at radius 2 is 1.97 bits per heavy atom. The average molecular weight is 412 g/mol. The lowest BCUT2D eigenvalue weighted by Crippen LogP contribution is -2.03. The molecular formula is C24H16N2O3S. The van der Waals surface area contributed by atoms with Gasteiger partial charge in [0.15, 0.2) is 4.96 Å². The Morgan fingerprint density at radius 3 is 2.87 bits per heavy atom. The highest BCUT2D eigenvalue weighted by atomic mass is 32.1. The van der Waals surface area contributed by atoms with Gasteiger partial charge in [0.25, 0.3) is 0 Å². The van der Waals surface area contributed by atoms with Crippen molar-refractivity contribution >= 4 is 48.3 Å². The van der Waals surface area contributed by atoms with Crippen LogP contribution in [0, 0.1) is 0 Å². The third-order valence-electron chi connectivity index (χ3n) is 5.29. The number of nitrogens with zero attached hydrogens (tertiary/aromatic N) is 2. The Kier molecular flexibility index (Phi) is 3.70. The van der Waals surface area contributed by atoms with Crippen LogP contribution in [-0.2, 0) is 0 Å². The van der Waals surface area contributed by atoms with Crippen molar-refractivity contribution in [3.05, 3.63) is 77.3 Å². The second-order valence-electron chi connectivity index (χ2n) is 7.09. The fourth-order valence-electron chi connectivity index (χ4n) is 3.92. The topological polar surface area (TPSA) is 56.7 Å². The molecule has 6 rings (SSSR count). The molecule has 3 aromatic heterocycles. The summed E-state index contributed by atoms with van der Waals surface area (Å²) in [5, 5.41) is 3.06. The number of thiazole rings is 1. The summed E-state index contributed by atoms with van der Waals surface area (Å²) in [6.45, 7) is 2.60. The Morgan fingerprint density at radius 1 is 1.07 bits per heavy atom. The van der Waals surface area contributed by atoms with Gasteiger partial charge in [-0.2, -0.15) is 0 Å². The minimum absolute atomic E-state index is 0.383. The van der Waals surface area contributed by atoms with Crippen LogP contribution in [-0.4, -0.2) is 16.0 Å². The van der Waals surface area contributed by atoms with Crippen LogP contribution in [0.1, 0.15) is 6.92 Å². The largest absolute Gasteiger partial charge is 0.494 e. The van der Waals surface area contributed by atoms with Crippen molar-refractivity contribution in [2.45, 2.75) is 6.92 Å². The van der Waals surface area contributed by atoms with Crippen molar-refractivity contribution in [3.63, 3.8) is 0 Å². The van der Waals surface area contributed by atoms with Gasteiger partial charge < -0.3 is 9.15 Å². The van der Waals surface area contributed by atoms with E-state index in [-0.39, 0.29) is 5.63 Å². The first-order chi connectivity index (χ1) is 14.7. The molecule has 0 spiro atoms. The van der Waals surface area contributed by atoms with Gasteiger partial charge in [0.05, 0.1) is 28.1 Å². The molecule has 0 amide bonds. The molecule has 0 unspecified atom stereocenters. The maximum atomic E-state index is 12.7. The van der Waals surface area contributed by atoms with Crippen LogP contribution in [0.2, 0.25) is 0 Å². The third-order valence-corrected chi connectivity index (χ3v) is 6.31. The second-order valence-corrected chi connectivity index (χ2v) is 8.10. The van der Waals surface area contributed by atoms with Gasteiger partial charge in [0.1, 0.15) is 11.3 Å². The predicted molar refractivity (Wildman–Crippen MR) is 121 cm³/mol. The molecule has 3 heterocycles. The quantitative estimate of drug-likeness (QED) is 0.269. The van der Waals surface area contributed by atoms with Crippen LogP contribution in [0.4, 0.5) is 0 Å². The maximum absolute atomic E-state index is 12.7. The number of benzene rings is 3. The summed E-state index contributed by atoms with van der Waals surface area (Å²) in [4.78, 5) is 18.3. The highest BCUT2D eigenvalue weighted by Crippen LogP contribution is 2.32. The van der Waals surface area contributed by atoms with E-state index in [0.717, 1.165) is 37.1 Å². The van der Waals surface area contributed by atoms with Gasteiger partial charge in [0.2, 0.25) is 0 Å². The number of ether oxygens (including phenoxy) is 1. The first-order valence-electron chi connectivity index (χ1n) is 9.72. The van der Waals surface area contributed by atoms with Gasteiger partial charge >= 0.3 is 5.63 Å². The Balaban J connectivity index is 1.56. The van der Waals surface area contributed by atoms with Gasteiger partial charge in [0, 0.05) is 11.6 Å². The molecule has 0 aliphatic rings. The molecule has 0 aliphatic heterocycles. The number of hydrogen-bond donors (Lipinski definition) is 0. The highest BCUT2D eigenvalue weighted by Gasteiger charge is 2.16. The number of rotatable bonds is 3. The molecule has 146 valence electrons. The lowest BCUT2D eigenvalue weighted by atomic mass is 10.0. The fourth-order valence-corrected chi connectivity index (χ4v) is 4.95. The van der Waals surface area contributed by atoms with E-state index < -0.39 is 0 Å². The van der Waals surface area contributed by atoms with E-state index in [4.69, 9.17) is 14.1 Å². The Bertz CT molecular complexity index is 1640. The van der Waals surface area contributed by atoms with Crippen molar-refractivity contribution in [2.75, 3.05) is 6.61 Å². The molecule has 6 aromatic rings. The smallest absolute Gasteiger partial charge is 0.345 e. The minimum Gasteiger partial charge on any atom is -0.494 e. The molecule has 30 heavy (non-hydrogen) atoms. The maximum Gasteiger partial charge on any atom is 0.345 e. The molecule has 0 aliphatic carbocycles. The van der Waals surface area contributed by atoms with Crippen molar-refractivity contribution in [1.82, 2.24) is 9.38 Å². The Labute approximate surface area is 174 Å². The predicted octanol–water partition coefficient (Wildman–Crippen LogP) is 5.87. The zero-order valence-electron chi connectivity index (χ0n) is 16.1. The molecule has 0 bridgehead atoms. The van der Waals surface area contributed by atoms with Crippen molar-refractivity contribution in [3.8, 4) is 17.0 Å². The third kappa shape index (κ3) is 2.54. The molecule has 0 saturated heterocycles. The van der Waals surface area contributed by atoms with Gasteiger partial charge in [-0.25, -0.2) is 9.78 Å². The van der Waals surface area contributed by atoms with E-state index in [1.807, 2.05) is 72.1 Å². The van der Waals surface area contributed by atoms with E-state index >= 15 is 0 Å². The molecular weight excluding hydrogens is 396 g/mol. The minimum atomic E-state index is -0.383. The fraction of sp³-hybridized carbons (Fsp3) is 0.0833. The zero-order chi connectivity index (χ0) is 20.2. The van der Waals surface area contributed by atoms with E-state index in [1.54, 1.807) is 11.3 Å². The van der Waals surface area contributed by atoms with Gasteiger partial charge in [-0.05, 0) is 48.0 Å². The average Bonchev–Trinajstić information content (AvgIpc) is 3.31. The van der Waals surface area contributed by atoms with E-state index in [1.165, 1.54) is 0 Å². The number of imidazole rings is 1. The second kappa shape index (κ2) is 6.43. The van der Waals surface area contributed by atoms with Crippen molar-refractivity contribution in [1.29, 1.82) is 0 Å². The van der Waals surface area contributed by atoms with E-state index in [9.17, 15) is 4.79 Å². The Hall–Kier alpha value is -3.64. The van der Waals surface area contributed by atoms with Crippen LogP contribution in [0.15, 0.2) is 76.1 Å². The first kappa shape index (κ1) is 17.2. The van der Waals surface area contributed by atoms with Gasteiger partial charge in [-0.1, -0.05) is 41.7 Å². The summed E-state index contributed by atoms with van der Waals surface area (Å²) in [5.41, 5.74) is 2.31. The van der Waals surface area contributed by atoms with E-state index in [0.29, 0.717) is 23.4 Å².